The molecule has 0 aromatic heterocycles. The molecule has 0 aliphatic rings. The number of halogens is 1. The lowest BCUT2D eigenvalue weighted by molar-refractivity contribution is 0.357. The second-order valence-corrected chi connectivity index (χ2v) is 5.38. The van der Waals surface area contributed by atoms with Gasteiger partial charge in [-0.05, 0) is 23.3 Å². The van der Waals surface area contributed by atoms with Crippen molar-refractivity contribution in [1.29, 1.82) is 0 Å². The molecular formula is C18H12BrO. The molecule has 0 N–H and O–H groups in total. The summed E-state index contributed by atoms with van der Waals surface area (Å²) in [5, 5.41) is 12.3. The van der Waals surface area contributed by atoms with Crippen LogP contribution in [0.25, 0.3) is 22.3 Å². The normalized spacial score (nSPS) is 10.4. The molecular weight excluding hydrogens is 312 g/mol. The van der Waals surface area contributed by atoms with Gasteiger partial charge in [-0.15, -0.1) is 0 Å². The van der Waals surface area contributed by atoms with Crippen LogP contribution in [-0.4, -0.2) is 0 Å². The van der Waals surface area contributed by atoms with Crippen LogP contribution in [0.4, 0.5) is 0 Å². The first-order valence-corrected chi connectivity index (χ1v) is 7.17. The van der Waals surface area contributed by atoms with Crippen LogP contribution in [0.1, 0.15) is 0 Å². The van der Waals surface area contributed by atoms with Gasteiger partial charge in [0.2, 0.25) is 0 Å². The summed E-state index contributed by atoms with van der Waals surface area (Å²) < 4.78 is 0.933. The van der Waals surface area contributed by atoms with Gasteiger partial charge in [0, 0.05) is 15.6 Å². The Morgan fingerprint density at radius 3 is 1.65 bits per heavy atom. The molecule has 0 bridgehead atoms. The number of hydrogen-bond donors (Lipinski definition) is 0. The minimum Gasteiger partial charge on any atom is -0.289 e. The van der Waals surface area contributed by atoms with Crippen molar-refractivity contribution in [3.63, 3.8) is 0 Å². The van der Waals surface area contributed by atoms with Crippen LogP contribution < -0.4 is 0 Å². The summed E-state index contributed by atoms with van der Waals surface area (Å²) in [6, 6.07) is 23.2. The average Bonchev–Trinajstić information content (AvgIpc) is 2.51. The Bertz CT molecular complexity index is 657. The highest BCUT2D eigenvalue weighted by Crippen LogP contribution is 2.43. The number of rotatable bonds is 2. The van der Waals surface area contributed by atoms with Crippen molar-refractivity contribution in [3.8, 4) is 28.0 Å². The highest BCUT2D eigenvalue weighted by molar-refractivity contribution is 9.10. The first-order chi connectivity index (χ1) is 9.77. The van der Waals surface area contributed by atoms with E-state index in [2.05, 4.69) is 15.9 Å². The van der Waals surface area contributed by atoms with Crippen LogP contribution in [0.5, 0.6) is 5.75 Å². The Labute approximate surface area is 126 Å². The van der Waals surface area contributed by atoms with Crippen molar-refractivity contribution in [2.24, 2.45) is 0 Å². The molecule has 20 heavy (non-hydrogen) atoms. The van der Waals surface area contributed by atoms with Crippen molar-refractivity contribution in [2.45, 2.75) is 0 Å². The molecule has 0 heterocycles. The first-order valence-electron chi connectivity index (χ1n) is 6.38. The van der Waals surface area contributed by atoms with Gasteiger partial charge in [0.25, 0.3) is 0 Å². The van der Waals surface area contributed by atoms with Crippen molar-refractivity contribution in [3.05, 3.63) is 77.3 Å². The molecule has 0 atom stereocenters. The van der Waals surface area contributed by atoms with Crippen LogP contribution >= 0.6 is 15.9 Å². The summed E-state index contributed by atoms with van der Waals surface area (Å²) in [7, 11) is 0. The molecule has 0 aliphatic heterocycles. The topological polar surface area (TPSA) is 19.9 Å². The number of hydrogen-bond acceptors (Lipinski definition) is 0. The molecule has 0 saturated carbocycles. The Morgan fingerprint density at radius 2 is 1.10 bits per heavy atom. The van der Waals surface area contributed by atoms with E-state index < -0.39 is 0 Å². The third kappa shape index (κ3) is 2.35. The lowest BCUT2D eigenvalue weighted by Crippen LogP contribution is -1.87. The molecule has 2 heteroatoms. The molecule has 0 spiro atoms. The zero-order valence-corrected chi connectivity index (χ0v) is 12.3. The second-order valence-electron chi connectivity index (χ2n) is 4.53. The fraction of sp³-hybridized carbons (Fsp3) is 0. The molecule has 1 radical (unpaired) electrons. The maximum Gasteiger partial charge on any atom is 0.187 e. The zero-order chi connectivity index (χ0) is 13.9. The highest BCUT2D eigenvalue weighted by atomic mass is 79.9. The van der Waals surface area contributed by atoms with E-state index in [-0.39, 0.29) is 5.75 Å². The van der Waals surface area contributed by atoms with E-state index in [1.165, 1.54) is 0 Å². The van der Waals surface area contributed by atoms with Crippen molar-refractivity contribution in [1.82, 2.24) is 0 Å². The molecule has 3 rings (SSSR count). The summed E-state index contributed by atoms with van der Waals surface area (Å²) in [6.07, 6.45) is 0. The minimum atomic E-state index is 0.0400. The van der Waals surface area contributed by atoms with E-state index in [0.29, 0.717) is 0 Å². The molecule has 3 aromatic rings. The van der Waals surface area contributed by atoms with E-state index in [1.54, 1.807) is 6.07 Å². The first kappa shape index (κ1) is 12.9. The summed E-state index contributed by atoms with van der Waals surface area (Å²) in [6.45, 7) is 0. The average molecular weight is 324 g/mol. The van der Waals surface area contributed by atoms with Crippen molar-refractivity contribution >= 4 is 15.9 Å². The Morgan fingerprint density at radius 1 is 0.600 bits per heavy atom. The SMILES string of the molecule is [O]c1ccc(Br)c(-c2ccccc2)c1-c1ccccc1. The molecule has 0 aliphatic carbocycles. The molecule has 0 saturated heterocycles. The molecule has 3 aromatic carbocycles. The Kier molecular flexibility index (Phi) is 3.57. The van der Waals surface area contributed by atoms with Crippen LogP contribution in [0.3, 0.4) is 0 Å². The van der Waals surface area contributed by atoms with Crippen LogP contribution in [0.15, 0.2) is 77.3 Å². The predicted octanol–water partition coefficient (Wildman–Crippen LogP) is 5.93. The van der Waals surface area contributed by atoms with Crippen LogP contribution in [0, 0.1) is 0 Å². The van der Waals surface area contributed by atoms with Crippen LogP contribution in [-0.2, 0) is 5.11 Å². The van der Waals surface area contributed by atoms with Gasteiger partial charge < -0.3 is 0 Å². The van der Waals surface area contributed by atoms with Gasteiger partial charge in [-0.2, -0.15) is 0 Å². The highest BCUT2D eigenvalue weighted by Gasteiger charge is 2.16. The predicted molar refractivity (Wildman–Crippen MR) is 85.1 cm³/mol. The fourth-order valence-electron chi connectivity index (χ4n) is 2.34. The van der Waals surface area contributed by atoms with E-state index in [1.807, 2.05) is 66.7 Å². The van der Waals surface area contributed by atoms with E-state index >= 15 is 0 Å². The third-order valence-electron chi connectivity index (χ3n) is 3.24. The zero-order valence-electron chi connectivity index (χ0n) is 10.7. The summed E-state index contributed by atoms with van der Waals surface area (Å²) >= 11 is 3.58. The maximum atomic E-state index is 12.3. The molecule has 0 unspecified atom stereocenters. The molecule has 0 amide bonds. The maximum absolute atomic E-state index is 12.3. The second kappa shape index (κ2) is 5.51. The quantitative estimate of drug-likeness (QED) is 0.557. The van der Waals surface area contributed by atoms with Gasteiger partial charge in [-0.3, -0.25) is 5.11 Å². The summed E-state index contributed by atoms with van der Waals surface area (Å²) in [5.41, 5.74) is 3.67. The fourth-order valence-corrected chi connectivity index (χ4v) is 2.90. The summed E-state index contributed by atoms with van der Waals surface area (Å²) in [4.78, 5) is 0. The van der Waals surface area contributed by atoms with Gasteiger partial charge in [-0.1, -0.05) is 76.6 Å². The summed E-state index contributed by atoms with van der Waals surface area (Å²) in [5.74, 6) is 0.0400. The standard InChI is InChI=1S/C18H12BrO/c19-15-11-12-16(20)18(14-9-5-2-6-10-14)17(15)13-7-3-1-4-8-13/h1-12H. The minimum absolute atomic E-state index is 0.0400. The van der Waals surface area contributed by atoms with E-state index in [0.717, 1.165) is 26.7 Å². The van der Waals surface area contributed by atoms with Crippen molar-refractivity contribution in [2.75, 3.05) is 0 Å². The van der Waals surface area contributed by atoms with Gasteiger partial charge in [-0.25, -0.2) is 0 Å². The van der Waals surface area contributed by atoms with Crippen molar-refractivity contribution < 1.29 is 5.11 Å². The number of benzene rings is 3. The lowest BCUT2D eigenvalue weighted by atomic mass is 9.94. The van der Waals surface area contributed by atoms with Crippen LogP contribution in [0.2, 0.25) is 0 Å². The van der Waals surface area contributed by atoms with E-state index in [9.17, 15) is 5.11 Å². The Hall–Kier alpha value is -2.06. The van der Waals surface area contributed by atoms with E-state index in [4.69, 9.17) is 0 Å². The van der Waals surface area contributed by atoms with Gasteiger partial charge in [0.1, 0.15) is 0 Å². The lowest BCUT2D eigenvalue weighted by Gasteiger charge is -2.13. The van der Waals surface area contributed by atoms with Gasteiger partial charge in [0.05, 0.1) is 0 Å². The third-order valence-corrected chi connectivity index (χ3v) is 3.90. The molecule has 1 nitrogen and oxygen atoms in total. The monoisotopic (exact) mass is 323 g/mol. The molecule has 0 fully saturated rings. The Balaban J connectivity index is 2.32. The van der Waals surface area contributed by atoms with Gasteiger partial charge >= 0.3 is 0 Å². The van der Waals surface area contributed by atoms with Gasteiger partial charge in [0.15, 0.2) is 5.75 Å². The largest absolute Gasteiger partial charge is 0.289 e. The smallest absolute Gasteiger partial charge is 0.187 e. The molecule has 97 valence electrons.